The zero-order valence-electron chi connectivity index (χ0n) is 10.2. The summed E-state index contributed by atoms with van der Waals surface area (Å²) in [4.78, 5) is 4.38. The molecule has 2 rings (SSSR count). The first-order chi connectivity index (χ1) is 8.33. The summed E-state index contributed by atoms with van der Waals surface area (Å²) < 4.78 is 5.12. The molecule has 0 spiro atoms. The van der Waals surface area contributed by atoms with Crippen LogP contribution in [0.15, 0.2) is 18.2 Å². The van der Waals surface area contributed by atoms with Crippen molar-refractivity contribution in [2.75, 3.05) is 18.3 Å². The fourth-order valence-corrected chi connectivity index (χ4v) is 2.75. The smallest absolute Gasteiger partial charge is 0.214 e. The van der Waals surface area contributed by atoms with Gasteiger partial charge in [0.2, 0.25) is 5.88 Å². The Morgan fingerprint density at radius 2 is 2.24 bits per heavy atom. The van der Waals surface area contributed by atoms with E-state index in [4.69, 9.17) is 16.3 Å². The lowest BCUT2D eigenvalue weighted by atomic mass is 9.86. The largest absolute Gasteiger partial charge is 0.481 e. The summed E-state index contributed by atoms with van der Waals surface area (Å²) in [5.74, 6) is 2.81. The Balaban J connectivity index is 2.02. The lowest BCUT2D eigenvalue weighted by Gasteiger charge is -2.31. The lowest BCUT2D eigenvalue weighted by Crippen LogP contribution is -2.33. The molecule has 2 atom stereocenters. The Hall–Kier alpha value is -0.960. The van der Waals surface area contributed by atoms with Crippen LogP contribution in [0.5, 0.6) is 5.88 Å². The predicted octanol–water partition coefficient (Wildman–Crippen LogP) is 3.30. The second kappa shape index (κ2) is 6.10. The van der Waals surface area contributed by atoms with Gasteiger partial charge in [-0.05, 0) is 24.8 Å². The van der Waals surface area contributed by atoms with Crippen LogP contribution in [0.4, 0.5) is 5.82 Å². The number of rotatable bonds is 4. The molecular formula is C13H19ClN2O. The van der Waals surface area contributed by atoms with Gasteiger partial charge in [0, 0.05) is 18.0 Å². The molecule has 1 heterocycles. The Kier molecular flexibility index (Phi) is 4.49. The first-order valence-corrected chi connectivity index (χ1v) is 6.70. The lowest BCUT2D eigenvalue weighted by molar-refractivity contribution is 0.351. The van der Waals surface area contributed by atoms with Gasteiger partial charge in [0.1, 0.15) is 5.82 Å². The summed E-state index contributed by atoms with van der Waals surface area (Å²) in [7, 11) is 1.63. The number of pyridine rings is 1. The highest BCUT2D eigenvalue weighted by Gasteiger charge is 2.24. The second-order valence-electron chi connectivity index (χ2n) is 4.51. The van der Waals surface area contributed by atoms with Gasteiger partial charge in [0.05, 0.1) is 7.11 Å². The number of aromatic nitrogens is 1. The molecule has 0 bridgehead atoms. The molecule has 1 fully saturated rings. The molecule has 0 aromatic carbocycles. The van der Waals surface area contributed by atoms with E-state index in [1.807, 2.05) is 18.2 Å². The topological polar surface area (TPSA) is 34.1 Å². The van der Waals surface area contributed by atoms with Gasteiger partial charge in [0.15, 0.2) is 0 Å². The fraction of sp³-hybridized carbons (Fsp3) is 0.615. The van der Waals surface area contributed by atoms with Crippen LogP contribution in [-0.4, -0.2) is 24.0 Å². The minimum absolute atomic E-state index is 0.445. The van der Waals surface area contributed by atoms with Gasteiger partial charge in [0.25, 0.3) is 0 Å². The third kappa shape index (κ3) is 3.25. The minimum Gasteiger partial charge on any atom is -0.481 e. The van der Waals surface area contributed by atoms with Crippen molar-refractivity contribution in [1.82, 2.24) is 4.98 Å². The fourth-order valence-electron chi connectivity index (χ4n) is 2.38. The number of nitrogens with zero attached hydrogens (tertiary/aromatic N) is 1. The highest BCUT2D eigenvalue weighted by atomic mass is 35.5. The second-order valence-corrected chi connectivity index (χ2v) is 4.82. The van der Waals surface area contributed by atoms with Gasteiger partial charge in [-0.1, -0.05) is 18.9 Å². The molecule has 1 aromatic heterocycles. The molecule has 0 saturated heterocycles. The Bertz CT molecular complexity index is 359. The summed E-state index contributed by atoms with van der Waals surface area (Å²) in [6, 6.07) is 6.22. The average Bonchev–Trinajstić information content (AvgIpc) is 2.39. The van der Waals surface area contributed by atoms with Crippen molar-refractivity contribution in [3.8, 4) is 5.88 Å². The van der Waals surface area contributed by atoms with Crippen LogP contribution in [0.2, 0.25) is 0 Å². The van der Waals surface area contributed by atoms with Crippen molar-refractivity contribution in [1.29, 1.82) is 0 Å². The molecule has 1 aliphatic carbocycles. The van der Waals surface area contributed by atoms with Gasteiger partial charge in [-0.2, -0.15) is 4.98 Å². The third-order valence-electron chi connectivity index (χ3n) is 3.37. The van der Waals surface area contributed by atoms with E-state index >= 15 is 0 Å². The molecule has 1 aliphatic rings. The van der Waals surface area contributed by atoms with Crippen molar-refractivity contribution >= 4 is 17.4 Å². The number of nitrogens with one attached hydrogen (secondary N) is 1. The van der Waals surface area contributed by atoms with E-state index in [9.17, 15) is 0 Å². The molecule has 1 saturated carbocycles. The first-order valence-electron chi connectivity index (χ1n) is 6.17. The van der Waals surface area contributed by atoms with Crippen LogP contribution >= 0.6 is 11.6 Å². The third-order valence-corrected chi connectivity index (χ3v) is 3.77. The van der Waals surface area contributed by atoms with Crippen molar-refractivity contribution in [3.05, 3.63) is 18.2 Å². The van der Waals surface area contributed by atoms with Crippen molar-refractivity contribution in [3.63, 3.8) is 0 Å². The summed E-state index contributed by atoms with van der Waals surface area (Å²) >= 11 is 6.01. The zero-order valence-corrected chi connectivity index (χ0v) is 10.9. The van der Waals surface area contributed by atoms with Crippen LogP contribution in [0.3, 0.4) is 0 Å². The predicted molar refractivity (Wildman–Crippen MR) is 70.9 cm³/mol. The van der Waals surface area contributed by atoms with E-state index < -0.39 is 0 Å². The molecule has 3 nitrogen and oxygen atoms in total. The zero-order chi connectivity index (χ0) is 12.1. The van der Waals surface area contributed by atoms with E-state index in [1.54, 1.807) is 7.11 Å². The minimum atomic E-state index is 0.445. The maximum absolute atomic E-state index is 6.01. The van der Waals surface area contributed by atoms with E-state index in [-0.39, 0.29) is 0 Å². The SMILES string of the molecule is COc1cccc(NC2CCCCC2CCl)n1. The average molecular weight is 255 g/mol. The van der Waals surface area contributed by atoms with E-state index in [2.05, 4.69) is 10.3 Å². The Labute approximate surface area is 108 Å². The molecule has 0 aliphatic heterocycles. The monoisotopic (exact) mass is 254 g/mol. The number of anilines is 1. The van der Waals surface area contributed by atoms with Gasteiger partial charge >= 0.3 is 0 Å². The summed E-state index contributed by atoms with van der Waals surface area (Å²) in [6.07, 6.45) is 4.96. The van der Waals surface area contributed by atoms with Crippen LogP contribution < -0.4 is 10.1 Å². The molecule has 1 aromatic rings. The Morgan fingerprint density at radius 1 is 1.41 bits per heavy atom. The normalized spacial score (nSPS) is 24.4. The van der Waals surface area contributed by atoms with Crippen molar-refractivity contribution in [2.24, 2.45) is 5.92 Å². The summed E-state index contributed by atoms with van der Waals surface area (Å²) in [6.45, 7) is 0. The highest BCUT2D eigenvalue weighted by Crippen LogP contribution is 2.28. The van der Waals surface area contributed by atoms with Gasteiger partial charge in [-0.3, -0.25) is 0 Å². The van der Waals surface area contributed by atoms with Crippen LogP contribution in [0.25, 0.3) is 0 Å². The molecule has 2 unspecified atom stereocenters. The molecule has 0 amide bonds. The van der Waals surface area contributed by atoms with Gasteiger partial charge in [-0.25, -0.2) is 0 Å². The number of ether oxygens (including phenoxy) is 1. The quantitative estimate of drug-likeness (QED) is 0.838. The van der Waals surface area contributed by atoms with Gasteiger partial charge < -0.3 is 10.1 Å². The van der Waals surface area contributed by atoms with Crippen LogP contribution in [-0.2, 0) is 0 Å². The van der Waals surface area contributed by atoms with E-state index in [1.165, 1.54) is 25.7 Å². The van der Waals surface area contributed by atoms with Crippen molar-refractivity contribution in [2.45, 2.75) is 31.7 Å². The molecule has 0 radical (unpaired) electrons. The highest BCUT2D eigenvalue weighted by molar-refractivity contribution is 6.18. The first kappa shape index (κ1) is 12.5. The van der Waals surface area contributed by atoms with Crippen molar-refractivity contribution < 1.29 is 4.74 Å². The number of alkyl halides is 1. The standard InChI is InChI=1S/C13H19ClN2O/c1-17-13-8-4-7-12(16-13)15-11-6-3-2-5-10(11)9-14/h4,7-8,10-11H,2-3,5-6,9H2,1H3,(H,15,16). The molecule has 17 heavy (non-hydrogen) atoms. The molecular weight excluding hydrogens is 236 g/mol. The van der Waals surface area contributed by atoms with Gasteiger partial charge in [-0.15, -0.1) is 11.6 Å². The maximum atomic E-state index is 6.01. The maximum Gasteiger partial charge on any atom is 0.214 e. The molecule has 94 valence electrons. The number of hydrogen-bond donors (Lipinski definition) is 1. The summed E-state index contributed by atoms with van der Waals surface area (Å²) in [5, 5.41) is 3.48. The number of methoxy groups -OCH3 is 1. The van der Waals surface area contributed by atoms with Crippen LogP contribution in [0.1, 0.15) is 25.7 Å². The Morgan fingerprint density at radius 3 is 3.00 bits per heavy atom. The number of halogens is 1. The van der Waals surface area contributed by atoms with E-state index in [0.29, 0.717) is 17.8 Å². The number of hydrogen-bond acceptors (Lipinski definition) is 3. The van der Waals surface area contributed by atoms with Crippen LogP contribution in [0, 0.1) is 5.92 Å². The van der Waals surface area contributed by atoms with E-state index in [0.717, 1.165) is 11.7 Å². The molecule has 4 heteroatoms. The summed E-state index contributed by atoms with van der Waals surface area (Å²) in [5.41, 5.74) is 0. The molecule has 1 N–H and O–H groups in total.